The molecule has 7 nitrogen and oxygen atoms in total. The molecule has 0 spiro atoms. The lowest BCUT2D eigenvalue weighted by Crippen LogP contribution is -2.36. The lowest BCUT2D eigenvalue weighted by molar-refractivity contribution is -0.137. The molecule has 0 atom stereocenters. The van der Waals surface area contributed by atoms with E-state index >= 15 is 0 Å². The Labute approximate surface area is 99.0 Å². The van der Waals surface area contributed by atoms with Crippen LogP contribution in [0.25, 0.3) is 0 Å². The average molecular weight is 259 g/mol. The molecule has 1 heterocycles. The molecule has 0 aromatic carbocycles. The first-order valence-corrected chi connectivity index (χ1v) is 6.14. The van der Waals surface area contributed by atoms with Crippen LogP contribution in [0.3, 0.4) is 0 Å². The summed E-state index contributed by atoms with van der Waals surface area (Å²) in [5.74, 6) is -1.22. The molecule has 0 fully saturated rings. The van der Waals surface area contributed by atoms with Gasteiger partial charge >= 0.3 is 5.97 Å². The van der Waals surface area contributed by atoms with Crippen LogP contribution < -0.4 is 0 Å². The van der Waals surface area contributed by atoms with E-state index < -0.39 is 22.5 Å². The third-order valence-electron chi connectivity index (χ3n) is 2.02. The summed E-state index contributed by atoms with van der Waals surface area (Å²) in [6, 6.07) is 1.31. The van der Waals surface area contributed by atoms with E-state index in [9.17, 15) is 13.2 Å². The van der Waals surface area contributed by atoms with E-state index in [1.807, 2.05) is 0 Å². The van der Waals surface area contributed by atoms with Gasteiger partial charge in [0.1, 0.15) is 6.54 Å². The Morgan fingerprint density at radius 3 is 2.76 bits per heavy atom. The zero-order chi connectivity index (χ0) is 13.1. The summed E-state index contributed by atoms with van der Waals surface area (Å²) in [5.41, 5.74) is 0. The van der Waals surface area contributed by atoms with Gasteiger partial charge < -0.3 is 5.11 Å². The van der Waals surface area contributed by atoms with Crippen LogP contribution in [0.1, 0.15) is 0 Å². The molecule has 17 heavy (non-hydrogen) atoms. The fraction of sp³-hybridized carbons (Fsp3) is 0.333. The quantitative estimate of drug-likeness (QED) is 0.707. The fourth-order valence-electron chi connectivity index (χ4n) is 1.29. The topological polar surface area (TPSA) is 92.5 Å². The zero-order valence-corrected chi connectivity index (χ0v) is 10.1. The fourth-order valence-corrected chi connectivity index (χ4v) is 2.75. The van der Waals surface area contributed by atoms with Gasteiger partial charge in [0, 0.05) is 13.6 Å². The van der Waals surface area contributed by atoms with Crippen molar-refractivity contribution in [1.82, 2.24) is 14.1 Å². The monoisotopic (exact) mass is 259 g/mol. The Bertz CT molecular complexity index is 520. The van der Waals surface area contributed by atoms with Crippen LogP contribution in [0.15, 0.2) is 29.9 Å². The second kappa shape index (κ2) is 5.11. The summed E-state index contributed by atoms with van der Waals surface area (Å²) in [7, 11) is -2.39. The molecule has 0 radical (unpaired) electrons. The number of nitrogens with zero attached hydrogens (tertiary/aromatic N) is 3. The Balaban J connectivity index is 3.13. The van der Waals surface area contributed by atoms with Crippen LogP contribution >= 0.6 is 0 Å². The zero-order valence-electron chi connectivity index (χ0n) is 9.28. The molecular weight excluding hydrogens is 246 g/mol. The largest absolute Gasteiger partial charge is 0.480 e. The van der Waals surface area contributed by atoms with Crippen molar-refractivity contribution in [3.8, 4) is 0 Å². The smallest absolute Gasteiger partial charge is 0.318 e. The number of sulfonamides is 1. The number of aryl methyl sites for hydroxylation is 1. The minimum Gasteiger partial charge on any atom is -0.480 e. The van der Waals surface area contributed by atoms with E-state index in [1.54, 1.807) is 0 Å². The number of aliphatic carboxylic acids is 1. The predicted molar refractivity (Wildman–Crippen MR) is 59.8 cm³/mol. The maximum absolute atomic E-state index is 12.1. The molecular formula is C9H13N3O4S. The minimum absolute atomic E-state index is 0.0550. The molecule has 0 aliphatic heterocycles. The third-order valence-corrected chi connectivity index (χ3v) is 3.91. The Morgan fingerprint density at radius 1 is 1.71 bits per heavy atom. The predicted octanol–water partition coefficient (Wildman–Crippen LogP) is -0.319. The standard InChI is InChI=1S/C9H13N3O4S/c1-3-6-12(7-9(13)14)17(15,16)8-4-5-10-11(8)2/h3-5H,1,6-7H2,2H3,(H,13,14). The summed E-state index contributed by atoms with van der Waals surface area (Å²) in [6.45, 7) is 2.72. The van der Waals surface area contributed by atoms with E-state index in [0.29, 0.717) is 0 Å². The van der Waals surface area contributed by atoms with Crippen LogP contribution in [0.5, 0.6) is 0 Å². The van der Waals surface area contributed by atoms with Crippen molar-refractivity contribution in [2.75, 3.05) is 13.1 Å². The Kier molecular flexibility index (Phi) is 4.02. The van der Waals surface area contributed by atoms with Crippen molar-refractivity contribution < 1.29 is 18.3 Å². The maximum Gasteiger partial charge on any atom is 0.318 e. The van der Waals surface area contributed by atoms with Crippen LogP contribution in [0.2, 0.25) is 0 Å². The van der Waals surface area contributed by atoms with Crippen LogP contribution in [-0.4, -0.2) is 46.7 Å². The highest BCUT2D eigenvalue weighted by atomic mass is 32.2. The van der Waals surface area contributed by atoms with Gasteiger partial charge in [0.15, 0.2) is 5.03 Å². The number of hydrogen-bond donors (Lipinski definition) is 1. The van der Waals surface area contributed by atoms with Crippen LogP contribution in [0.4, 0.5) is 0 Å². The molecule has 0 saturated carbocycles. The van der Waals surface area contributed by atoms with Gasteiger partial charge in [-0.25, -0.2) is 8.42 Å². The number of carboxylic acids is 1. The second-order valence-electron chi connectivity index (χ2n) is 3.27. The molecule has 0 bridgehead atoms. The number of carbonyl (C=O) groups is 1. The number of carboxylic acid groups (broad SMARTS) is 1. The minimum atomic E-state index is -3.86. The highest BCUT2D eigenvalue weighted by Crippen LogP contribution is 2.13. The Hall–Kier alpha value is -1.67. The summed E-state index contributed by atoms with van der Waals surface area (Å²) in [4.78, 5) is 10.6. The van der Waals surface area contributed by atoms with E-state index in [1.165, 1.54) is 30.1 Å². The molecule has 1 N–H and O–H groups in total. The highest BCUT2D eigenvalue weighted by molar-refractivity contribution is 7.89. The van der Waals surface area contributed by atoms with Gasteiger partial charge in [-0.2, -0.15) is 9.40 Å². The molecule has 0 aliphatic rings. The van der Waals surface area contributed by atoms with Gasteiger partial charge in [0.25, 0.3) is 10.0 Å². The second-order valence-corrected chi connectivity index (χ2v) is 5.16. The third kappa shape index (κ3) is 2.92. The molecule has 0 amide bonds. The first-order valence-electron chi connectivity index (χ1n) is 4.70. The maximum atomic E-state index is 12.1. The van der Waals surface area contributed by atoms with Crippen molar-refractivity contribution in [2.24, 2.45) is 7.05 Å². The number of rotatable bonds is 6. The summed E-state index contributed by atoms with van der Waals surface area (Å²) in [6.07, 6.45) is 2.66. The lowest BCUT2D eigenvalue weighted by atomic mass is 10.6. The molecule has 1 rings (SSSR count). The van der Waals surface area contributed by atoms with E-state index in [0.717, 1.165) is 4.31 Å². The average Bonchev–Trinajstić information content (AvgIpc) is 2.63. The van der Waals surface area contributed by atoms with E-state index in [2.05, 4.69) is 11.7 Å². The van der Waals surface area contributed by atoms with Gasteiger partial charge in [-0.1, -0.05) is 6.08 Å². The molecule has 8 heteroatoms. The molecule has 0 aliphatic carbocycles. The molecule has 0 saturated heterocycles. The van der Waals surface area contributed by atoms with Gasteiger partial charge in [0.05, 0.1) is 6.20 Å². The first kappa shape index (κ1) is 13.4. The molecule has 1 aromatic rings. The van der Waals surface area contributed by atoms with Gasteiger partial charge in [-0.15, -0.1) is 6.58 Å². The van der Waals surface area contributed by atoms with Crippen molar-refractivity contribution >= 4 is 16.0 Å². The SMILES string of the molecule is C=CCN(CC(=O)O)S(=O)(=O)c1ccnn1C. The molecule has 94 valence electrons. The first-order chi connectivity index (χ1) is 7.89. The number of hydrogen-bond acceptors (Lipinski definition) is 4. The summed E-state index contributed by atoms with van der Waals surface area (Å²) >= 11 is 0. The summed E-state index contributed by atoms with van der Waals surface area (Å²) < 4.78 is 26.2. The highest BCUT2D eigenvalue weighted by Gasteiger charge is 2.27. The Morgan fingerprint density at radius 2 is 2.35 bits per heavy atom. The van der Waals surface area contributed by atoms with Gasteiger partial charge in [-0.3, -0.25) is 9.48 Å². The van der Waals surface area contributed by atoms with Gasteiger partial charge in [0.2, 0.25) is 0 Å². The lowest BCUT2D eigenvalue weighted by Gasteiger charge is -2.18. The van der Waals surface area contributed by atoms with E-state index in [-0.39, 0.29) is 11.6 Å². The van der Waals surface area contributed by atoms with Crippen molar-refractivity contribution in [2.45, 2.75) is 5.03 Å². The van der Waals surface area contributed by atoms with Crippen molar-refractivity contribution in [3.63, 3.8) is 0 Å². The van der Waals surface area contributed by atoms with Gasteiger partial charge in [-0.05, 0) is 6.07 Å². The van der Waals surface area contributed by atoms with Crippen molar-refractivity contribution in [1.29, 1.82) is 0 Å². The molecule has 1 aromatic heterocycles. The molecule has 0 unspecified atom stereocenters. The van der Waals surface area contributed by atoms with E-state index in [4.69, 9.17) is 5.11 Å². The van der Waals surface area contributed by atoms with Crippen LogP contribution in [0, 0.1) is 0 Å². The van der Waals surface area contributed by atoms with Crippen molar-refractivity contribution in [3.05, 3.63) is 24.9 Å². The van der Waals surface area contributed by atoms with Crippen LogP contribution in [-0.2, 0) is 21.9 Å². The number of aromatic nitrogens is 2. The summed E-state index contributed by atoms with van der Waals surface area (Å²) in [5, 5.41) is 12.4. The normalized spacial score (nSPS) is 11.6.